The van der Waals surface area contributed by atoms with Crippen molar-refractivity contribution >= 4 is 0 Å². The Bertz CT molecular complexity index is 516. The van der Waals surface area contributed by atoms with Gasteiger partial charge in [-0.1, -0.05) is 17.3 Å². The summed E-state index contributed by atoms with van der Waals surface area (Å²) in [4.78, 5) is 9.49. The number of aromatic nitrogens is 2. The van der Waals surface area contributed by atoms with E-state index < -0.39 is 0 Å². The number of nitrogens with zero attached hydrogens (tertiary/aromatic N) is 4. The van der Waals surface area contributed by atoms with Crippen LogP contribution >= 0.6 is 0 Å². The van der Waals surface area contributed by atoms with Crippen LogP contribution in [0.2, 0.25) is 0 Å². The Labute approximate surface area is 138 Å². The zero-order valence-corrected chi connectivity index (χ0v) is 14.3. The maximum atomic E-state index is 5.37. The third kappa shape index (κ3) is 4.40. The molecule has 2 aliphatic rings. The topological polar surface area (TPSA) is 54.6 Å². The molecule has 0 saturated carbocycles. The predicted molar refractivity (Wildman–Crippen MR) is 88.0 cm³/mol. The third-order valence-electron chi connectivity index (χ3n) is 4.88. The van der Waals surface area contributed by atoms with Crippen molar-refractivity contribution in [1.29, 1.82) is 0 Å². The number of methoxy groups -OCH3 is 1. The van der Waals surface area contributed by atoms with Crippen molar-refractivity contribution in [3.8, 4) is 0 Å². The average Bonchev–Trinajstić information content (AvgIpc) is 2.93. The van der Waals surface area contributed by atoms with Gasteiger partial charge in [0.05, 0.1) is 6.54 Å². The molecule has 1 aromatic rings. The van der Waals surface area contributed by atoms with Crippen LogP contribution in [0, 0.1) is 0 Å². The molecule has 2 unspecified atom stereocenters. The molecule has 0 spiro atoms. The first-order valence-corrected chi connectivity index (χ1v) is 8.74. The van der Waals surface area contributed by atoms with Crippen LogP contribution < -0.4 is 0 Å². The first-order valence-electron chi connectivity index (χ1n) is 8.74. The molecule has 2 atom stereocenters. The Kier molecular flexibility index (Phi) is 5.80. The monoisotopic (exact) mass is 320 g/mol. The lowest BCUT2D eigenvalue weighted by Crippen LogP contribution is -2.38. The summed E-state index contributed by atoms with van der Waals surface area (Å²) in [5.41, 5.74) is 0. The molecule has 1 saturated heterocycles. The van der Waals surface area contributed by atoms with Crippen LogP contribution in [0.25, 0.3) is 0 Å². The quantitative estimate of drug-likeness (QED) is 0.777. The summed E-state index contributed by atoms with van der Waals surface area (Å²) < 4.78 is 10.6. The summed E-state index contributed by atoms with van der Waals surface area (Å²) in [6.45, 7) is 7.10. The van der Waals surface area contributed by atoms with Crippen molar-refractivity contribution in [2.45, 2.75) is 51.3 Å². The van der Waals surface area contributed by atoms with E-state index in [0.717, 1.165) is 26.2 Å². The van der Waals surface area contributed by atoms with Crippen molar-refractivity contribution < 1.29 is 9.26 Å². The zero-order valence-electron chi connectivity index (χ0n) is 14.3. The van der Waals surface area contributed by atoms with E-state index in [1.807, 2.05) is 6.92 Å². The van der Waals surface area contributed by atoms with Crippen LogP contribution in [0.5, 0.6) is 0 Å². The van der Waals surface area contributed by atoms with Gasteiger partial charge in [-0.2, -0.15) is 4.98 Å². The van der Waals surface area contributed by atoms with Gasteiger partial charge in [0.25, 0.3) is 0 Å². The molecular formula is C17H28N4O2. The molecule has 3 rings (SSSR count). The fraction of sp³-hybridized carbons (Fsp3) is 0.765. The Balaban J connectivity index is 1.52. The van der Waals surface area contributed by atoms with Gasteiger partial charge in [0.1, 0.15) is 6.10 Å². The lowest BCUT2D eigenvalue weighted by atomic mass is 10.0. The van der Waals surface area contributed by atoms with Gasteiger partial charge < -0.3 is 9.26 Å². The van der Waals surface area contributed by atoms with E-state index in [0.29, 0.717) is 17.8 Å². The van der Waals surface area contributed by atoms with Gasteiger partial charge >= 0.3 is 0 Å². The van der Waals surface area contributed by atoms with Crippen LogP contribution in [0.15, 0.2) is 16.7 Å². The molecule has 6 nitrogen and oxygen atoms in total. The molecule has 1 aliphatic heterocycles. The SMILES string of the molecule is COC(C)c1noc(CN2CCCN(C3C=CCCC3)CC2)n1. The summed E-state index contributed by atoms with van der Waals surface area (Å²) in [5, 5.41) is 4.01. The smallest absolute Gasteiger partial charge is 0.240 e. The molecule has 1 fully saturated rings. The summed E-state index contributed by atoms with van der Waals surface area (Å²) in [6, 6.07) is 0.640. The minimum absolute atomic E-state index is 0.120. The van der Waals surface area contributed by atoms with Crippen molar-refractivity contribution in [1.82, 2.24) is 19.9 Å². The van der Waals surface area contributed by atoms with E-state index in [4.69, 9.17) is 9.26 Å². The van der Waals surface area contributed by atoms with Gasteiger partial charge in [-0.15, -0.1) is 0 Å². The van der Waals surface area contributed by atoms with Gasteiger partial charge in [0.2, 0.25) is 5.89 Å². The average molecular weight is 320 g/mol. The van der Waals surface area contributed by atoms with Gasteiger partial charge in [-0.25, -0.2) is 0 Å². The predicted octanol–water partition coefficient (Wildman–Crippen LogP) is 2.39. The maximum Gasteiger partial charge on any atom is 0.240 e. The van der Waals surface area contributed by atoms with Crippen molar-refractivity contribution in [3.63, 3.8) is 0 Å². The summed E-state index contributed by atoms with van der Waals surface area (Å²) in [7, 11) is 1.66. The summed E-state index contributed by atoms with van der Waals surface area (Å²) in [6.07, 6.45) is 9.69. The lowest BCUT2D eigenvalue weighted by Gasteiger charge is -2.30. The molecular weight excluding hydrogens is 292 g/mol. The second kappa shape index (κ2) is 8.04. The molecule has 1 aromatic heterocycles. The second-order valence-electron chi connectivity index (χ2n) is 6.52. The largest absolute Gasteiger partial charge is 0.374 e. The first-order chi connectivity index (χ1) is 11.3. The van der Waals surface area contributed by atoms with Crippen molar-refractivity contribution in [2.75, 3.05) is 33.3 Å². The Morgan fingerprint density at radius 3 is 3.00 bits per heavy atom. The van der Waals surface area contributed by atoms with E-state index in [1.165, 1.54) is 32.2 Å². The summed E-state index contributed by atoms with van der Waals surface area (Å²) in [5.74, 6) is 1.32. The molecule has 0 N–H and O–H groups in total. The Hall–Kier alpha value is -1.24. The summed E-state index contributed by atoms with van der Waals surface area (Å²) >= 11 is 0. The van der Waals surface area contributed by atoms with Crippen molar-refractivity contribution in [3.05, 3.63) is 23.9 Å². The highest BCUT2D eigenvalue weighted by molar-refractivity contribution is 4.99. The second-order valence-corrected chi connectivity index (χ2v) is 6.52. The molecule has 0 bridgehead atoms. The van der Waals surface area contributed by atoms with Gasteiger partial charge in [0, 0.05) is 26.2 Å². The van der Waals surface area contributed by atoms with E-state index in [1.54, 1.807) is 7.11 Å². The molecule has 0 amide bonds. The van der Waals surface area contributed by atoms with Crippen LogP contribution in [-0.2, 0) is 11.3 Å². The maximum absolute atomic E-state index is 5.37. The number of allylic oxidation sites excluding steroid dienone is 1. The molecule has 0 radical (unpaired) electrons. The standard InChI is InChI=1S/C17H28N4O2/c1-14(22-2)17-18-16(23-19-17)13-20-9-6-10-21(12-11-20)15-7-4-3-5-8-15/h4,7,14-15H,3,5-6,8-13H2,1-2H3. The van der Waals surface area contributed by atoms with E-state index in [-0.39, 0.29) is 6.10 Å². The van der Waals surface area contributed by atoms with Crippen molar-refractivity contribution in [2.24, 2.45) is 0 Å². The number of hydrogen-bond acceptors (Lipinski definition) is 6. The lowest BCUT2D eigenvalue weighted by molar-refractivity contribution is 0.109. The highest BCUT2D eigenvalue weighted by atomic mass is 16.5. The molecule has 6 heteroatoms. The normalized spacial score (nSPS) is 25.4. The van der Waals surface area contributed by atoms with Gasteiger partial charge in [-0.3, -0.25) is 9.80 Å². The molecule has 0 aromatic carbocycles. The molecule has 23 heavy (non-hydrogen) atoms. The molecule has 1 aliphatic carbocycles. The highest BCUT2D eigenvalue weighted by Gasteiger charge is 2.22. The van der Waals surface area contributed by atoms with Gasteiger partial charge in [0.15, 0.2) is 5.82 Å². The van der Waals surface area contributed by atoms with Crippen LogP contribution in [0.4, 0.5) is 0 Å². The molecule has 2 heterocycles. The number of ether oxygens (including phenoxy) is 1. The highest BCUT2D eigenvalue weighted by Crippen LogP contribution is 2.19. The third-order valence-corrected chi connectivity index (χ3v) is 4.88. The fourth-order valence-electron chi connectivity index (χ4n) is 3.37. The number of hydrogen-bond donors (Lipinski definition) is 0. The number of rotatable bonds is 5. The minimum Gasteiger partial charge on any atom is -0.374 e. The van der Waals surface area contributed by atoms with Gasteiger partial charge in [-0.05, 0) is 45.7 Å². The zero-order chi connectivity index (χ0) is 16.1. The van der Waals surface area contributed by atoms with E-state index in [2.05, 4.69) is 32.1 Å². The first kappa shape index (κ1) is 16.6. The molecule has 128 valence electrons. The minimum atomic E-state index is -0.120. The Morgan fingerprint density at radius 1 is 1.30 bits per heavy atom. The van der Waals surface area contributed by atoms with E-state index >= 15 is 0 Å². The van der Waals surface area contributed by atoms with E-state index in [9.17, 15) is 0 Å². The van der Waals surface area contributed by atoms with Crippen LogP contribution in [0.1, 0.15) is 50.4 Å². The fourth-order valence-corrected chi connectivity index (χ4v) is 3.37. The Morgan fingerprint density at radius 2 is 2.22 bits per heavy atom. The van der Waals surface area contributed by atoms with Crippen LogP contribution in [-0.4, -0.2) is 59.3 Å². The van der Waals surface area contributed by atoms with Crippen LogP contribution in [0.3, 0.4) is 0 Å².